The minimum atomic E-state index is -3.72. The number of carbonyl (C=O) groups excluding carboxylic acids is 1. The molecule has 21 heavy (non-hydrogen) atoms. The maximum absolute atomic E-state index is 12.3. The van der Waals surface area contributed by atoms with E-state index in [9.17, 15) is 13.2 Å². The van der Waals surface area contributed by atoms with Gasteiger partial charge >= 0.3 is 0 Å². The molecule has 0 bridgehead atoms. The molecule has 116 valence electrons. The number of hydrogen-bond donors (Lipinski definition) is 3. The van der Waals surface area contributed by atoms with Crippen LogP contribution in [-0.4, -0.2) is 25.4 Å². The molecule has 0 radical (unpaired) electrons. The molecule has 6 nitrogen and oxygen atoms in total. The van der Waals surface area contributed by atoms with Crippen molar-refractivity contribution in [2.24, 2.45) is 11.7 Å². The number of sulfonamides is 1. The summed E-state index contributed by atoms with van der Waals surface area (Å²) in [6, 6.07) is 5.23. The first kappa shape index (κ1) is 17.5. The van der Waals surface area contributed by atoms with Gasteiger partial charge in [0, 0.05) is 12.6 Å². The van der Waals surface area contributed by atoms with Gasteiger partial charge in [-0.15, -0.1) is 0 Å². The van der Waals surface area contributed by atoms with Gasteiger partial charge in [0.1, 0.15) is 0 Å². The first-order valence-electron chi connectivity index (χ1n) is 6.33. The fourth-order valence-electron chi connectivity index (χ4n) is 1.68. The van der Waals surface area contributed by atoms with Crippen molar-refractivity contribution < 1.29 is 13.2 Å². The molecule has 0 aromatic heterocycles. The summed E-state index contributed by atoms with van der Waals surface area (Å²) in [6.45, 7) is 5.03. The molecular formula is C13H19N3O3S2. The highest BCUT2D eigenvalue weighted by atomic mass is 32.2. The number of amides is 1. The molecule has 0 aliphatic rings. The second-order valence-corrected chi connectivity index (χ2v) is 7.14. The lowest BCUT2D eigenvalue weighted by atomic mass is 10.1. The second-order valence-electron chi connectivity index (χ2n) is 4.95. The molecule has 0 fully saturated rings. The Kier molecular flexibility index (Phi) is 5.82. The minimum absolute atomic E-state index is 0.0593. The van der Waals surface area contributed by atoms with Crippen LogP contribution in [0.2, 0.25) is 0 Å². The predicted octanol–water partition coefficient (Wildman–Crippen LogP) is 1.23. The normalized spacial score (nSPS) is 13.0. The molecule has 0 spiro atoms. The summed E-state index contributed by atoms with van der Waals surface area (Å²) >= 11 is 4.88. The third-order valence-electron chi connectivity index (χ3n) is 2.74. The summed E-state index contributed by atoms with van der Waals surface area (Å²) < 4.78 is 27.0. The van der Waals surface area contributed by atoms with Crippen LogP contribution in [0.15, 0.2) is 29.2 Å². The number of carbonyl (C=O) groups is 1. The molecule has 0 saturated carbocycles. The zero-order valence-corrected chi connectivity index (χ0v) is 13.7. The van der Waals surface area contributed by atoms with Crippen LogP contribution in [0.4, 0.5) is 5.69 Å². The Morgan fingerprint density at radius 1 is 1.24 bits per heavy atom. The largest absolute Gasteiger partial charge is 0.392 e. The van der Waals surface area contributed by atoms with E-state index >= 15 is 0 Å². The fourth-order valence-corrected chi connectivity index (χ4v) is 3.45. The highest BCUT2D eigenvalue weighted by Gasteiger charge is 2.24. The van der Waals surface area contributed by atoms with E-state index in [1.807, 2.05) is 13.8 Å². The highest BCUT2D eigenvalue weighted by Crippen LogP contribution is 2.15. The van der Waals surface area contributed by atoms with E-state index < -0.39 is 16.1 Å². The van der Waals surface area contributed by atoms with Gasteiger partial charge in [0.2, 0.25) is 15.9 Å². The molecule has 1 unspecified atom stereocenters. The standard InChI is InChI=1S/C13H19N3O3S2/c1-8(2)12(13(14)20)16-21(18,19)11-6-4-10(5-7-11)15-9(3)17/h4-8,12,16H,1-3H3,(H2,14,20)(H,15,17). The number of nitrogens with two attached hydrogens (primary N) is 1. The van der Waals surface area contributed by atoms with E-state index in [0.29, 0.717) is 5.69 Å². The quantitative estimate of drug-likeness (QED) is 0.682. The zero-order valence-electron chi connectivity index (χ0n) is 12.1. The van der Waals surface area contributed by atoms with Crippen LogP contribution in [0.3, 0.4) is 0 Å². The van der Waals surface area contributed by atoms with E-state index in [0.717, 1.165) is 0 Å². The molecule has 1 rings (SSSR count). The molecule has 0 heterocycles. The van der Waals surface area contributed by atoms with Crippen LogP contribution in [0.5, 0.6) is 0 Å². The predicted molar refractivity (Wildman–Crippen MR) is 86.5 cm³/mol. The summed E-state index contributed by atoms with van der Waals surface area (Å²) in [4.78, 5) is 11.1. The molecule has 8 heteroatoms. The van der Waals surface area contributed by atoms with Gasteiger partial charge in [-0.3, -0.25) is 4.79 Å². The summed E-state index contributed by atoms with van der Waals surface area (Å²) in [5.41, 5.74) is 6.08. The summed E-state index contributed by atoms with van der Waals surface area (Å²) in [5, 5.41) is 2.57. The highest BCUT2D eigenvalue weighted by molar-refractivity contribution is 7.89. The van der Waals surface area contributed by atoms with Crippen molar-refractivity contribution in [1.82, 2.24) is 4.72 Å². The lowest BCUT2D eigenvalue weighted by Crippen LogP contribution is -2.46. The van der Waals surface area contributed by atoms with Crippen molar-refractivity contribution in [2.45, 2.75) is 31.7 Å². The van der Waals surface area contributed by atoms with Crippen LogP contribution in [0.25, 0.3) is 0 Å². The van der Waals surface area contributed by atoms with Crippen molar-refractivity contribution in [3.05, 3.63) is 24.3 Å². The number of thiocarbonyl (C=S) groups is 1. The summed E-state index contributed by atoms with van der Waals surface area (Å²) in [7, 11) is -3.72. The molecular weight excluding hydrogens is 310 g/mol. The number of anilines is 1. The fraction of sp³-hybridized carbons (Fsp3) is 0.385. The lowest BCUT2D eigenvalue weighted by Gasteiger charge is -2.21. The van der Waals surface area contributed by atoms with Gasteiger partial charge in [0.25, 0.3) is 0 Å². The Morgan fingerprint density at radius 3 is 2.14 bits per heavy atom. The molecule has 1 aromatic carbocycles. The van der Waals surface area contributed by atoms with E-state index in [4.69, 9.17) is 18.0 Å². The van der Waals surface area contributed by atoms with Crippen molar-refractivity contribution in [1.29, 1.82) is 0 Å². The van der Waals surface area contributed by atoms with Gasteiger partial charge in [0.05, 0.1) is 15.9 Å². The number of benzene rings is 1. The topological polar surface area (TPSA) is 101 Å². The lowest BCUT2D eigenvalue weighted by molar-refractivity contribution is -0.114. The second kappa shape index (κ2) is 6.97. The third kappa shape index (κ3) is 5.07. The summed E-state index contributed by atoms with van der Waals surface area (Å²) in [6.07, 6.45) is 0. The molecule has 4 N–H and O–H groups in total. The SMILES string of the molecule is CC(=O)Nc1ccc(S(=O)(=O)NC(C(N)=S)C(C)C)cc1. The maximum atomic E-state index is 12.3. The number of nitrogens with one attached hydrogen (secondary N) is 2. The van der Waals surface area contributed by atoms with E-state index in [1.54, 1.807) is 0 Å². The average molecular weight is 329 g/mol. The molecule has 1 atom stereocenters. The summed E-state index contributed by atoms with van der Waals surface area (Å²) in [5.74, 6) is -0.284. The minimum Gasteiger partial charge on any atom is -0.392 e. The van der Waals surface area contributed by atoms with Crippen molar-refractivity contribution in [3.8, 4) is 0 Å². The molecule has 1 aromatic rings. The van der Waals surface area contributed by atoms with Gasteiger partial charge in [0.15, 0.2) is 0 Å². The zero-order chi connectivity index (χ0) is 16.2. The van der Waals surface area contributed by atoms with E-state index in [-0.39, 0.29) is 21.7 Å². The van der Waals surface area contributed by atoms with Crippen LogP contribution < -0.4 is 15.8 Å². The van der Waals surface area contributed by atoms with E-state index in [2.05, 4.69) is 10.0 Å². The Bertz CT molecular complexity index is 625. The van der Waals surface area contributed by atoms with Crippen LogP contribution in [0, 0.1) is 5.92 Å². The van der Waals surface area contributed by atoms with Crippen molar-refractivity contribution in [2.75, 3.05) is 5.32 Å². The molecule has 0 aliphatic carbocycles. The van der Waals surface area contributed by atoms with Crippen LogP contribution in [0.1, 0.15) is 20.8 Å². The number of hydrogen-bond acceptors (Lipinski definition) is 4. The van der Waals surface area contributed by atoms with Crippen molar-refractivity contribution >= 4 is 38.8 Å². The van der Waals surface area contributed by atoms with Gasteiger partial charge < -0.3 is 11.1 Å². The monoisotopic (exact) mass is 329 g/mol. The van der Waals surface area contributed by atoms with Crippen LogP contribution >= 0.6 is 12.2 Å². The van der Waals surface area contributed by atoms with Crippen molar-refractivity contribution in [3.63, 3.8) is 0 Å². The molecule has 1 amide bonds. The Labute approximate surface area is 130 Å². The Morgan fingerprint density at radius 2 is 1.76 bits per heavy atom. The number of rotatable bonds is 6. The van der Waals surface area contributed by atoms with Gasteiger partial charge in [-0.05, 0) is 30.2 Å². The molecule has 0 saturated heterocycles. The molecule has 0 aliphatic heterocycles. The first-order chi connectivity index (χ1) is 9.63. The maximum Gasteiger partial charge on any atom is 0.241 e. The van der Waals surface area contributed by atoms with Crippen LogP contribution in [-0.2, 0) is 14.8 Å². The third-order valence-corrected chi connectivity index (χ3v) is 4.45. The average Bonchev–Trinajstić information content (AvgIpc) is 2.35. The van der Waals surface area contributed by atoms with Gasteiger partial charge in [-0.1, -0.05) is 26.1 Å². The first-order valence-corrected chi connectivity index (χ1v) is 8.22. The van der Waals surface area contributed by atoms with Gasteiger partial charge in [-0.25, -0.2) is 13.1 Å². The van der Waals surface area contributed by atoms with Gasteiger partial charge in [-0.2, -0.15) is 0 Å². The Hall–Kier alpha value is -1.51. The van der Waals surface area contributed by atoms with E-state index in [1.165, 1.54) is 31.2 Å². The smallest absolute Gasteiger partial charge is 0.241 e. The Balaban J connectivity index is 2.97.